The number of anilines is 1. The van der Waals surface area contributed by atoms with Crippen molar-refractivity contribution in [3.8, 4) is 11.1 Å². The molecule has 0 saturated carbocycles. The topological polar surface area (TPSA) is 49.4 Å². The Bertz CT molecular complexity index is 844. The molecule has 2 rings (SSSR count). The summed E-state index contributed by atoms with van der Waals surface area (Å²) in [5, 5.41) is 3.63. The highest BCUT2D eigenvalue weighted by molar-refractivity contribution is 7.65. The van der Waals surface area contributed by atoms with Gasteiger partial charge in [0.05, 0.1) is 5.69 Å². The number of carbonyl (C=O) groups is 2. The van der Waals surface area contributed by atoms with Crippen LogP contribution in [0, 0.1) is 11.6 Å². The van der Waals surface area contributed by atoms with E-state index in [0.29, 0.717) is 24.8 Å². The van der Waals surface area contributed by atoms with Gasteiger partial charge in [0, 0.05) is 18.2 Å². The number of halogens is 2. The molecule has 0 spiro atoms. The summed E-state index contributed by atoms with van der Waals surface area (Å²) in [4.78, 5) is 23.1. The van der Waals surface area contributed by atoms with Gasteiger partial charge in [-0.3, -0.25) is 9.59 Å². The highest BCUT2D eigenvalue weighted by Gasteiger charge is 2.21. The fourth-order valence-electron chi connectivity index (χ4n) is 3.27. The average molecular weight is 420 g/mol. The fourth-order valence-corrected chi connectivity index (χ4v) is 5.23. The van der Waals surface area contributed by atoms with Crippen LogP contribution in [0.5, 0.6) is 0 Å². The Labute approximate surface area is 172 Å². The monoisotopic (exact) mass is 420 g/mol. The summed E-state index contributed by atoms with van der Waals surface area (Å²) in [6, 6.07) is 10.3. The molecule has 0 bridgehead atoms. The zero-order valence-electron chi connectivity index (χ0n) is 17.0. The van der Waals surface area contributed by atoms with Crippen LogP contribution in [0.15, 0.2) is 36.4 Å². The summed E-state index contributed by atoms with van der Waals surface area (Å²) in [6.07, 6.45) is 3.41. The molecule has 0 aliphatic heterocycles. The maximum atomic E-state index is 15.0. The molecule has 7 heteroatoms. The zero-order valence-corrected chi connectivity index (χ0v) is 17.9. The summed E-state index contributed by atoms with van der Waals surface area (Å²) in [5.41, 5.74) is 0.801. The van der Waals surface area contributed by atoms with E-state index in [4.69, 9.17) is 0 Å². The number of nitrogens with one attached hydrogen (secondary N) is 1. The Hall–Kier alpha value is -2.33. The lowest BCUT2D eigenvalue weighted by Crippen LogP contribution is -2.31. The molecule has 0 aliphatic carbocycles. The van der Waals surface area contributed by atoms with Crippen LogP contribution in [0.1, 0.15) is 27.2 Å². The zero-order chi connectivity index (χ0) is 21.4. The maximum absolute atomic E-state index is 15.0. The number of nitrogens with zero attached hydrogens (tertiary/aromatic N) is 1. The van der Waals surface area contributed by atoms with Gasteiger partial charge in [-0.15, -0.1) is 0 Å². The number of carbonyl (C=O) groups excluding carboxylic acids is 2. The minimum absolute atomic E-state index is 0.106. The van der Waals surface area contributed by atoms with Crippen LogP contribution in [-0.4, -0.2) is 37.7 Å². The summed E-state index contributed by atoms with van der Waals surface area (Å²) in [6.45, 7) is 6.14. The lowest BCUT2D eigenvalue weighted by Gasteiger charge is -2.22. The molecule has 0 fully saturated rings. The van der Waals surface area contributed by atoms with Crippen molar-refractivity contribution in [3.63, 3.8) is 0 Å². The average Bonchev–Trinajstić information content (AvgIpc) is 2.73. The molecule has 156 valence electrons. The summed E-state index contributed by atoms with van der Waals surface area (Å²) in [5.74, 6) is -2.00. The number of hydrogen-bond donors (Lipinski definition) is 1. The van der Waals surface area contributed by atoms with Crippen LogP contribution in [0.2, 0.25) is 0 Å². The first-order valence-corrected chi connectivity index (χ1v) is 11.4. The molecule has 2 aromatic rings. The second-order valence-corrected chi connectivity index (χ2v) is 9.55. The molecule has 1 N–H and O–H groups in total. The van der Waals surface area contributed by atoms with Crippen molar-refractivity contribution in [1.29, 1.82) is 0 Å². The molecule has 0 aromatic heterocycles. The summed E-state index contributed by atoms with van der Waals surface area (Å²) in [7, 11) is -0.449. The van der Waals surface area contributed by atoms with Gasteiger partial charge in [-0.2, -0.15) is 0 Å². The Morgan fingerprint density at radius 1 is 1.03 bits per heavy atom. The first-order chi connectivity index (χ1) is 14.0. The van der Waals surface area contributed by atoms with Gasteiger partial charge < -0.3 is 10.2 Å². The van der Waals surface area contributed by atoms with Gasteiger partial charge in [0.25, 0.3) is 0 Å². The molecule has 2 aromatic carbocycles. The fraction of sp³-hybridized carbons (Fsp3) is 0.364. The van der Waals surface area contributed by atoms with E-state index >= 15 is 4.39 Å². The SMILES string of the molecule is CCP(CC)c1ccccc1-c1ccc(N(C=O)CCC(C)NC=O)c(F)c1F. The highest BCUT2D eigenvalue weighted by Crippen LogP contribution is 2.39. The summed E-state index contributed by atoms with van der Waals surface area (Å²) >= 11 is 0. The first kappa shape index (κ1) is 23.0. The second-order valence-electron chi connectivity index (χ2n) is 6.72. The van der Waals surface area contributed by atoms with E-state index in [1.165, 1.54) is 12.1 Å². The van der Waals surface area contributed by atoms with Crippen LogP contribution in [0.4, 0.5) is 14.5 Å². The van der Waals surface area contributed by atoms with Crippen molar-refractivity contribution in [2.24, 2.45) is 0 Å². The van der Waals surface area contributed by atoms with Crippen molar-refractivity contribution >= 4 is 31.7 Å². The molecule has 0 radical (unpaired) electrons. The third kappa shape index (κ3) is 5.39. The molecule has 4 nitrogen and oxygen atoms in total. The summed E-state index contributed by atoms with van der Waals surface area (Å²) < 4.78 is 30.0. The lowest BCUT2D eigenvalue weighted by atomic mass is 10.0. The maximum Gasteiger partial charge on any atom is 0.214 e. The Balaban J connectivity index is 2.39. The molecular formula is C22H27F2N2O2P. The van der Waals surface area contributed by atoms with Crippen LogP contribution < -0.4 is 15.5 Å². The van der Waals surface area contributed by atoms with E-state index in [1.807, 2.05) is 24.3 Å². The standard InChI is InChI=1S/C22H27F2N2O2P/c1-4-29(5-2)20-9-7-6-8-17(20)18-10-11-19(22(24)21(18)23)26(15-28)13-12-16(3)25-14-27/h6-11,14-16H,4-5,12-13H2,1-3H3,(H,25,27). The third-order valence-corrected chi connectivity index (χ3v) is 7.55. The van der Waals surface area contributed by atoms with E-state index in [-0.39, 0.29) is 23.8 Å². The normalized spacial score (nSPS) is 11.9. The molecule has 2 amide bonds. The third-order valence-electron chi connectivity index (χ3n) is 4.95. The van der Waals surface area contributed by atoms with E-state index < -0.39 is 19.6 Å². The van der Waals surface area contributed by atoms with Crippen LogP contribution >= 0.6 is 7.92 Å². The Morgan fingerprint density at radius 2 is 1.72 bits per heavy atom. The Morgan fingerprint density at radius 3 is 2.34 bits per heavy atom. The van der Waals surface area contributed by atoms with Gasteiger partial charge in [-0.25, -0.2) is 8.78 Å². The van der Waals surface area contributed by atoms with Crippen LogP contribution in [-0.2, 0) is 9.59 Å². The van der Waals surface area contributed by atoms with E-state index in [9.17, 15) is 14.0 Å². The number of amides is 2. The van der Waals surface area contributed by atoms with Gasteiger partial charge >= 0.3 is 0 Å². The Kier molecular flexibility index (Phi) is 8.71. The predicted molar refractivity (Wildman–Crippen MR) is 116 cm³/mol. The minimum atomic E-state index is -1.04. The molecule has 0 heterocycles. The van der Waals surface area contributed by atoms with Crippen molar-refractivity contribution in [3.05, 3.63) is 48.0 Å². The molecule has 29 heavy (non-hydrogen) atoms. The molecule has 0 aliphatic rings. The van der Waals surface area contributed by atoms with Gasteiger partial charge in [0.15, 0.2) is 11.6 Å². The van der Waals surface area contributed by atoms with Gasteiger partial charge in [-0.05, 0) is 48.7 Å². The second kappa shape index (κ2) is 11.0. The largest absolute Gasteiger partial charge is 0.356 e. The van der Waals surface area contributed by atoms with Crippen LogP contribution in [0.3, 0.4) is 0 Å². The van der Waals surface area contributed by atoms with E-state index in [2.05, 4.69) is 19.2 Å². The predicted octanol–water partition coefficient (Wildman–Crippen LogP) is 4.27. The van der Waals surface area contributed by atoms with E-state index in [1.54, 1.807) is 6.92 Å². The van der Waals surface area contributed by atoms with Gasteiger partial charge in [-0.1, -0.05) is 46.0 Å². The van der Waals surface area contributed by atoms with E-state index in [0.717, 1.165) is 22.5 Å². The van der Waals surface area contributed by atoms with Gasteiger partial charge in [0.2, 0.25) is 12.8 Å². The minimum Gasteiger partial charge on any atom is -0.356 e. The quantitative estimate of drug-likeness (QED) is 0.436. The molecule has 0 saturated heterocycles. The smallest absolute Gasteiger partial charge is 0.214 e. The number of rotatable bonds is 11. The van der Waals surface area contributed by atoms with Crippen molar-refractivity contribution in [1.82, 2.24) is 5.32 Å². The molecule has 1 atom stereocenters. The number of benzene rings is 2. The van der Waals surface area contributed by atoms with Crippen molar-refractivity contribution in [2.45, 2.75) is 33.2 Å². The number of hydrogen-bond acceptors (Lipinski definition) is 2. The lowest BCUT2D eigenvalue weighted by molar-refractivity contribution is -0.110. The highest BCUT2D eigenvalue weighted by atomic mass is 31.1. The van der Waals surface area contributed by atoms with Crippen molar-refractivity contribution in [2.75, 3.05) is 23.8 Å². The molecular weight excluding hydrogens is 393 g/mol. The first-order valence-electron chi connectivity index (χ1n) is 9.72. The van der Waals surface area contributed by atoms with Crippen LogP contribution in [0.25, 0.3) is 11.1 Å². The molecule has 1 unspecified atom stereocenters. The van der Waals surface area contributed by atoms with Crippen molar-refractivity contribution < 1.29 is 18.4 Å². The van der Waals surface area contributed by atoms with Gasteiger partial charge in [0.1, 0.15) is 0 Å².